The molecule has 620 valence electrons. The molecule has 0 atom stereocenters. The van der Waals surface area contributed by atoms with Crippen LogP contribution in [0.5, 0.6) is 0 Å². The largest absolute Gasteiger partial charge is 0.310 e. The average Bonchev–Trinajstić information content (AvgIpc) is 1.55. The van der Waals surface area contributed by atoms with Gasteiger partial charge < -0.3 is 22.8 Å². The average molecular weight is 1710 g/mol. The van der Waals surface area contributed by atoms with Crippen molar-refractivity contribution in [2.45, 2.75) is 34.6 Å². The molecule has 25 aromatic rings. The molecule has 5 nitrogen and oxygen atoms in total. The molecular weight excluding hydrogens is 1630 g/mol. The van der Waals surface area contributed by atoms with Crippen LogP contribution in [0.15, 0.2) is 394 Å². The van der Waals surface area contributed by atoms with E-state index in [0.29, 0.717) is 33.6 Å². The highest BCUT2D eigenvalue weighted by Crippen LogP contribution is 2.46. The Morgan fingerprint density at radius 1 is 0.156 bits per heavy atom. The molecule has 135 heavy (non-hydrogen) atoms. The van der Waals surface area contributed by atoms with Crippen molar-refractivity contribution in [3.8, 4) is 84.1 Å². The molecule has 0 fully saturated rings. The topological polar surface area (TPSA) is 24.6 Å². The van der Waals surface area contributed by atoms with Gasteiger partial charge in [0.25, 0.3) is 0 Å². The minimum absolute atomic E-state index is 0.339. The number of hydrogen-bond acceptors (Lipinski definition) is 0. The fraction of sp³-hybridized carbons (Fsp3) is 0.0400. The van der Waals surface area contributed by atoms with Crippen molar-refractivity contribution in [3.63, 3.8) is 0 Å². The van der Waals surface area contributed by atoms with E-state index in [2.05, 4.69) is 452 Å². The van der Waals surface area contributed by atoms with Crippen molar-refractivity contribution in [3.05, 3.63) is 422 Å². The van der Waals surface area contributed by atoms with Gasteiger partial charge in [-0.2, -0.15) is 0 Å². The summed E-state index contributed by atoms with van der Waals surface area (Å²) in [5, 5.41) is 13.5. The first-order valence-corrected chi connectivity index (χ1v) is 48.0. The molecule has 35 rings (SSSR count). The number of para-hydroxylation sites is 10. The van der Waals surface area contributed by atoms with E-state index in [4.69, 9.17) is 0 Å². The van der Waals surface area contributed by atoms with Gasteiger partial charge >= 0.3 is 0 Å². The molecule has 0 unspecified atom stereocenters. The van der Waals surface area contributed by atoms with Crippen molar-refractivity contribution in [1.82, 2.24) is 22.8 Å². The second-order valence-corrected chi connectivity index (χ2v) is 39.1. The normalized spacial score (nSPS) is 13.3. The second-order valence-electron chi connectivity index (χ2n) is 39.1. The van der Waals surface area contributed by atoms with Gasteiger partial charge in [-0.3, -0.25) is 0 Å². The number of aromatic nitrogens is 5. The van der Waals surface area contributed by atoms with E-state index in [-0.39, 0.29) is 0 Å². The predicted octanol–water partition coefficient (Wildman–Crippen LogP) is 19.5. The quantitative estimate of drug-likeness (QED) is 0.135. The van der Waals surface area contributed by atoms with Crippen molar-refractivity contribution in [2.24, 2.45) is 0 Å². The summed E-state index contributed by atoms with van der Waals surface area (Å²) in [6, 6.07) is 147. The Morgan fingerprint density at radius 2 is 0.452 bits per heavy atom. The summed E-state index contributed by atoms with van der Waals surface area (Å²) >= 11 is 0. The Balaban J connectivity index is 0.0000000788. The smallest absolute Gasteiger partial charge is 0.248 e. The lowest BCUT2D eigenvalue weighted by Gasteiger charge is -2.25. The Kier molecular flexibility index (Phi) is 14.9. The zero-order valence-corrected chi connectivity index (χ0v) is 75.2. The van der Waals surface area contributed by atoms with Crippen LogP contribution in [-0.4, -0.2) is 56.4 Å². The Bertz CT molecular complexity index is 9680. The van der Waals surface area contributed by atoms with Crippen LogP contribution in [0.25, 0.3) is 193 Å². The van der Waals surface area contributed by atoms with Crippen molar-refractivity contribution < 1.29 is 0 Å². The molecule has 10 aliphatic heterocycles. The number of nitrogens with zero attached hydrogens (tertiary/aromatic N) is 5. The zero-order chi connectivity index (χ0) is 88.5. The van der Waals surface area contributed by atoms with Gasteiger partial charge in [-0.05, 0) is 217 Å². The fourth-order valence-corrected chi connectivity index (χ4v) is 27.6. The molecule has 0 aliphatic carbocycles. The standard InChI is InChI=1S/5C25H16BN/c1-15-13-14-22-24-23(15)18-8-2-4-10-19(18)26(24)20-11-6-9-17-16-7-3-5-12-21(16)27(22)25(17)20;1-15-7-4-11-19-23(15)18-10-6-14-22-24(18)26(19)20-12-5-9-17-16-8-2-3-13-21(16)27(22)25(17)20;1-15-7-4-9-17-18-10-6-14-22-24(18)26(23(15)17)20-12-5-11-19-16-8-2-3-13-21(16)27(22)25(19)20;1-15-12-13-16-18-7-5-11-23-24(18)26(21(16)14-15)20-9-4-8-19-17-6-2-3-10-22(17)27(23)25(19)20;1-15-12-13-20-19(14-15)17-7-5-11-23-24(17)26(20)21-9-4-8-18-16-6-2-3-10-22(16)27(23)25(18)21/h5*2-14H,1H3. The highest BCUT2D eigenvalue weighted by Gasteiger charge is 2.48. The van der Waals surface area contributed by atoms with Gasteiger partial charge in [0.2, 0.25) is 33.6 Å². The fourth-order valence-electron chi connectivity index (χ4n) is 27.6. The zero-order valence-electron chi connectivity index (χ0n) is 75.2. The summed E-state index contributed by atoms with van der Waals surface area (Å²) < 4.78 is 12.5. The molecule has 5 aromatic heterocycles. The number of rotatable bonds is 0. The summed E-state index contributed by atoms with van der Waals surface area (Å²) in [7, 11) is 0. The maximum atomic E-state index is 2.50. The summed E-state index contributed by atoms with van der Waals surface area (Å²) in [4.78, 5) is 0. The summed E-state index contributed by atoms with van der Waals surface area (Å²) in [6.45, 7) is 12.8. The molecule has 0 radical (unpaired) electrons. The van der Waals surface area contributed by atoms with Gasteiger partial charge in [-0.25, -0.2) is 0 Å². The Hall–Kier alpha value is -16.3. The van der Waals surface area contributed by atoms with E-state index >= 15 is 0 Å². The molecule has 0 N–H and O–H groups in total. The third-order valence-corrected chi connectivity index (χ3v) is 32.5. The molecule has 0 saturated heterocycles. The molecule has 0 spiro atoms. The van der Waals surface area contributed by atoms with Crippen molar-refractivity contribution in [2.75, 3.05) is 0 Å². The van der Waals surface area contributed by atoms with Crippen LogP contribution in [0.4, 0.5) is 0 Å². The Morgan fingerprint density at radius 3 is 0.941 bits per heavy atom. The number of benzene rings is 20. The summed E-state index contributed by atoms with van der Waals surface area (Å²) in [5.41, 5.74) is 62.9. The third kappa shape index (κ3) is 9.53. The van der Waals surface area contributed by atoms with Crippen LogP contribution in [-0.2, 0) is 0 Å². The summed E-state index contributed by atoms with van der Waals surface area (Å²) in [5.74, 6) is 0. The molecule has 0 saturated carbocycles. The molecule has 20 aromatic carbocycles. The molecule has 15 heterocycles. The van der Waals surface area contributed by atoms with E-state index in [1.54, 1.807) is 0 Å². The summed E-state index contributed by atoms with van der Waals surface area (Å²) in [6.07, 6.45) is 0. The van der Waals surface area contributed by atoms with Crippen LogP contribution < -0.4 is 81.9 Å². The lowest BCUT2D eigenvalue weighted by Crippen LogP contribution is -2.53. The molecular formula is C125H80B5N5. The number of aryl methyl sites for hydroxylation is 5. The lowest BCUT2D eigenvalue weighted by atomic mass is 9.37. The van der Waals surface area contributed by atoms with E-state index in [0.717, 1.165) is 0 Å². The van der Waals surface area contributed by atoms with Gasteiger partial charge in [0.1, 0.15) is 0 Å². The maximum Gasteiger partial charge on any atom is 0.248 e. The van der Waals surface area contributed by atoms with Crippen LogP contribution in [0.3, 0.4) is 0 Å². The van der Waals surface area contributed by atoms with E-state index in [1.165, 1.54) is 303 Å². The van der Waals surface area contributed by atoms with E-state index in [1.807, 2.05) is 0 Å². The van der Waals surface area contributed by atoms with Crippen LogP contribution >= 0.6 is 0 Å². The minimum atomic E-state index is 0.339. The minimum Gasteiger partial charge on any atom is -0.310 e. The van der Waals surface area contributed by atoms with Crippen molar-refractivity contribution >= 4 is 225 Å². The predicted molar refractivity (Wildman–Crippen MR) is 578 cm³/mol. The van der Waals surface area contributed by atoms with Gasteiger partial charge in [-0.1, -0.05) is 378 Å². The highest BCUT2D eigenvalue weighted by atomic mass is 15.0. The third-order valence-electron chi connectivity index (χ3n) is 32.5. The highest BCUT2D eigenvalue weighted by molar-refractivity contribution is 7.04. The van der Waals surface area contributed by atoms with E-state index in [9.17, 15) is 0 Å². The molecule has 0 amide bonds. The molecule has 10 heteroatoms. The first-order valence-electron chi connectivity index (χ1n) is 48.0. The van der Waals surface area contributed by atoms with Crippen LogP contribution in [0.1, 0.15) is 27.8 Å². The lowest BCUT2D eigenvalue weighted by molar-refractivity contribution is 1.19. The molecule has 0 bridgehead atoms. The Labute approximate surface area is 782 Å². The van der Waals surface area contributed by atoms with E-state index < -0.39 is 0 Å². The van der Waals surface area contributed by atoms with Gasteiger partial charge in [-0.15, -0.1) is 0 Å². The second kappa shape index (κ2) is 27.0. The molecule has 10 aliphatic rings. The maximum absolute atomic E-state index is 2.50. The number of hydrogen-bond donors (Lipinski definition) is 0. The van der Waals surface area contributed by atoms with Gasteiger partial charge in [0, 0.05) is 110 Å². The van der Waals surface area contributed by atoms with Gasteiger partial charge in [0.15, 0.2) is 0 Å². The van der Waals surface area contributed by atoms with Crippen molar-refractivity contribution in [1.29, 1.82) is 0 Å². The van der Waals surface area contributed by atoms with Crippen LogP contribution in [0, 0.1) is 34.6 Å². The first kappa shape index (κ1) is 74.4. The monoisotopic (exact) mass is 1710 g/mol. The number of fused-ring (bicyclic) bond motifs is 40. The van der Waals surface area contributed by atoms with Gasteiger partial charge in [0.05, 0.1) is 27.6 Å². The van der Waals surface area contributed by atoms with Crippen LogP contribution in [0.2, 0.25) is 0 Å². The first-order chi connectivity index (χ1) is 66.7. The SMILES string of the molecule is Cc1ccc2c(c1)-c1cccc3c1B2c1cccc2c4ccccc4n-3c12.Cc1ccc2c(c1)B1c3c-2cccc3-n2c3ccccc3c3cccc1c32.Cc1ccc2c3c1-c1ccccc1B3c1cccc3c4ccccc4n-2c13.Cc1cccc2c1-c1cccc3c1B2c1cccc2c4ccccc4n-3c12.Cc1cccc2c1B1c3c-2cccc3-n2c3ccccc3c3cccc1c32.